The van der Waals surface area contributed by atoms with Crippen molar-refractivity contribution in [2.45, 2.75) is 0 Å². The van der Waals surface area contributed by atoms with Crippen molar-refractivity contribution >= 4 is 17.7 Å². The Morgan fingerprint density at radius 1 is 1.36 bits per heavy atom. The third kappa shape index (κ3) is 2.45. The Kier molecular flexibility index (Phi) is 2.71. The summed E-state index contributed by atoms with van der Waals surface area (Å²) in [5.74, 6) is 0. The van der Waals surface area contributed by atoms with E-state index in [0.717, 1.165) is 5.56 Å². The lowest BCUT2D eigenvalue weighted by Crippen LogP contribution is -1.69. The fourth-order valence-corrected chi connectivity index (χ4v) is 0.854. The number of halogens is 1. The van der Waals surface area contributed by atoms with Crippen molar-refractivity contribution in [2.24, 2.45) is 0 Å². The van der Waals surface area contributed by atoms with Gasteiger partial charge < -0.3 is 0 Å². The van der Waals surface area contributed by atoms with Crippen LogP contribution in [0.2, 0.25) is 0 Å². The highest BCUT2D eigenvalue weighted by atomic mass is 35.5. The largest absolute Gasteiger partial charge is 0.191 e. The lowest BCUT2D eigenvalue weighted by atomic mass is 10.2. The summed E-state index contributed by atoms with van der Waals surface area (Å²) in [5, 5.41) is 8.55. The second-order valence-corrected chi connectivity index (χ2v) is 2.42. The highest BCUT2D eigenvalue weighted by Crippen LogP contribution is 2.07. The standard InChI is InChI=1S/C9H6ClN/c10-9(7-11)6-8-4-2-1-3-5-8/h1-6H/b9-6-. The molecule has 0 atom stereocenters. The highest BCUT2D eigenvalue weighted by Gasteiger charge is 1.88. The summed E-state index contributed by atoms with van der Waals surface area (Å²) < 4.78 is 0. The van der Waals surface area contributed by atoms with Gasteiger partial charge in [0.1, 0.15) is 11.1 Å². The van der Waals surface area contributed by atoms with E-state index in [1.165, 1.54) is 0 Å². The number of hydrogen-bond acceptors (Lipinski definition) is 1. The Bertz CT molecular complexity index is 295. The molecule has 0 bridgehead atoms. The minimum absolute atomic E-state index is 0.205. The summed E-state index contributed by atoms with van der Waals surface area (Å²) in [4.78, 5) is 0. The number of nitriles is 1. The van der Waals surface area contributed by atoms with Gasteiger partial charge in [-0.25, -0.2) is 0 Å². The van der Waals surface area contributed by atoms with E-state index >= 15 is 0 Å². The highest BCUT2D eigenvalue weighted by molar-refractivity contribution is 6.33. The van der Waals surface area contributed by atoms with Crippen LogP contribution in [0.5, 0.6) is 0 Å². The quantitative estimate of drug-likeness (QED) is 0.584. The van der Waals surface area contributed by atoms with Crippen molar-refractivity contribution in [1.29, 1.82) is 5.26 Å². The summed E-state index contributed by atoms with van der Waals surface area (Å²) in [5.41, 5.74) is 0.944. The van der Waals surface area contributed by atoms with Gasteiger partial charge in [-0.2, -0.15) is 5.26 Å². The van der Waals surface area contributed by atoms with Gasteiger partial charge in [0, 0.05) is 0 Å². The maximum absolute atomic E-state index is 8.35. The van der Waals surface area contributed by atoms with Gasteiger partial charge >= 0.3 is 0 Å². The summed E-state index contributed by atoms with van der Waals surface area (Å²) >= 11 is 5.50. The first-order valence-electron chi connectivity index (χ1n) is 3.15. The van der Waals surface area contributed by atoms with E-state index < -0.39 is 0 Å². The minimum atomic E-state index is 0.205. The normalized spacial score (nSPS) is 10.7. The van der Waals surface area contributed by atoms with Crippen molar-refractivity contribution in [3.8, 4) is 6.07 Å². The molecule has 0 aliphatic heterocycles. The van der Waals surface area contributed by atoms with E-state index in [4.69, 9.17) is 16.9 Å². The van der Waals surface area contributed by atoms with E-state index in [9.17, 15) is 0 Å². The predicted octanol–water partition coefficient (Wildman–Crippen LogP) is 2.79. The summed E-state index contributed by atoms with van der Waals surface area (Å²) in [6.07, 6.45) is 1.63. The van der Waals surface area contributed by atoms with Crippen LogP contribution in [0, 0.1) is 11.3 Å². The van der Waals surface area contributed by atoms with Crippen LogP contribution in [0.3, 0.4) is 0 Å². The molecule has 1 rings (SSSR count). The summed E-state index contributed by atoms with van der Waals surface area (Å²) in [6.45, 7) is 0. The molecule has 0 radical (unpaired) electrons. The molecule has 0 amide bonds. The molecular weight excluding hydrogens is 158 g/mol. The van der Waals surface area contributed by atoms with Crippen molar-refractivity contribution in [2.75, 3.05) is 0 Å². The molecule has 1 aromatic carbocycles. The zero-order valence-corrected chi connectivity index (χ0v) is 6.55. The van der Waals surface area contributed by atoms with Gasteiger partial charge in [-0.1, -0.05) is 41.9 Å². The predicted molar refractivity (Wildman–Crippen MR) is 45.9 cm³/mol. The van der Waals surface area contributed by atoms with E-state index in [1.807, 2.05) is 36.4 Å². The second-order valence-electron chi connectivity index (χ2n) is 2.01. The van der Waals surface area contributed by atoms with Crippen molar-refractivity contribution < 1.29 is 0 Å². The molecule has 0 heterocycles. The smallest absolute Gasteiger partial charge is 0.118 e. The molecule has 1 aromatic rings. The van der Waals surface area contributed by atoms with Gasteiger partial charge in [0.15, 0.2) is 0 Å². The Hall–Kier alpha value is -1.26. The molecular formula is C9H6ClN. The van der Waals surface area contributed by atoms with Gasteiger partial charge in [0.05, 0.1) is 0 Å². The summed E-state index contributed by atoms with van der Waals surface area (Å²) in [6, 6.07) is 11.3. The molecule has 0 aliphatic carbocycles. The molecule has 0 spiro atoms. The van der Waals surface area contributed by atoms with Crippen LogP contribution >= 0.6 is 11.6 Å². The van der Waals surface area contributed by atoms with Crippen LogP contribution < -0.4 is 0 Å². The third-order valence-electron chi connectivity index (χ3n) is 1.20. The maximum Gasteiger partial charge on any atom is 0.118 e. The first-order valence-corrected chi connectivity index (χ1v) is 3.53. The van der Waals surface area contributed by atoms with Crippen molar-refractivity contribution in [3.05, 3.63) is 40.9 Å². The Morgan fingerprint density at radius 3 is 2.55 bits per heavy atom. The third-order valence-corrected chi connectivity index (χ3v) is 1.39. The SMILES string of the molecule is N#C/C(Cl)=C/c1ccccc1. The minimum Gasteiger partial charge on any atom is -0.191 e. The van der Waals surface area contributed by atoms with Crippen LogP contribution in [-0.4, -0.2) is 0 Å². The molecule has 0 aliphatic rings. The van der Waals surface area contributed by atoms with E-state index in [-0.39, 0.29) is 5.03 Å². The second kappa shape index (κ2) is 3.80. The van der Waals surface area contributed by atoms with Crippen molar-refractivity contribution in [1.82, 2.24) is 0 Å². The van der Waals surface area contributed by atoms with Crippen LogP contribution in [0.25, 0.3) is 6.08 Å². The molecule has 11 heavy (non-hydrogen) atoms. The zero-order chi connectivity index (χ0) is 8.10. The first kappa shape index (κ1) is 7.84. The van der Waals surface area contributed by atoms with Crippen LogP contribution in [0.1, 0.15) is 5.56 Å². The number of hydrogen-bond donors (Lipinski definition) is 0. The Labute approximate surface area is 70.5 Å². The molecule has 0 unspecified atom stereocenters. The molecule has 2 heteroatoms. The first-order chi connectivity index (χ1) is 5.33. The zero-order valence-electron chi connectivity index (χ0n) is 5.79. The molecule has 0 N–H and O–H groups in total. The number of allylic oxidation sites excluding steroid dienone is 1. The Morgan fingerprint density at radius 2 is 2.00 bits per heavy atom. The number of nitrogens with zero attached hydrogens (tertiary/aromatic N) is 1. The average molecular weight is 164 g/mol. The molecule has 1 nitrogen and oxygen atoms in total. The average Bonchev–Trinajstić information content (AvgIpc) is 2.06. The van der Waals surface area contributed by atoms with Crippen LogP contribution in [0.4, 0.5) is 0 Å². The van der Waals surface area contributed by atoms with Gasteiger partial charge in [-0.3, -0.25) is 0 Å². The lowest BCUT2D eigenvalue weighted by Gasteiger charge is -1.88. The summed E-state index contributed by atoms with van der Waals surface area (Å²) in [7, 11) is 0. The van der Waals surface area contributed by atoms with E-state index in [0.29, 0.717) is 0 Å². The van der Waals surface area contributed by atoms with Crippen LogP contribution in [0.15, 0.2) is 35.4 Å². The molecule has 0 fully saturated rings. The van der Waals surface area contributed by atoms with Gasteiger partial charge in [0.25, 0.3) is 0 Å². The van der Waals surface area contributed by atoms with Gasteiger partial charge in [0.2, 0.25) is 0 Å². The van der Waals surface area contributed by atoms with E-state index in [1.54, 1.807) is 6.08 Å². The van der Waals surface area contributed by atoms with Gasteiger partial charge in [-0.05, 0) is 11.6 Å². The molecule has 0 saturated heterocycles. The molecule has 54 valence electrons. The monoisotopic (exact) mass is 163 g/mol. The fourth-order valence-electron chi connectivity index (χ4n) is 0.728. The van der Waals surface area contributed by atoms with Gasteiger partial charge in [-0.15, -0.1) is 0 Å². The molecule has 0 saturated carbocycles. The van der Waals surface area contributed by atoms with Crippen LogP contribution in [-0.2, 0) is 0 Å². The lowest BCUT2D eigenvalue weighted by molar-refractivity contribution is 1.53. The van der Waals surface area contributed by atoms with Crippen molar-refractivity contribution in [3.63, 3.8) is 0 Å². The molecule has 0 aromatic heterocycles. The number of benzene rings is 1. The number of rotatable bonds is 1. The maximum atomic E-state index is 8.35. The topological polar surface area (TPSA) is 23.8 Å². The fraction of sp³-hybridized carbons (Fsp3) is 0. The Balaban J connectivity index is 2.90. The van der Waals surface area contributed by atoms with E-state index in [2.05, 4.69) is 0 Å².